The van der Waals surface area contributed by atoms with E-state index in [0.717, 1.165) is 43.1 Å². The molecule has 1 aliphatic heterocycles. The maximum atomic E-state index is 14.1. The van der Waals surface area contributed by atoms with Crippen molar-refractivity contribution in [2.24, 2.45) is 0 Å². The summed E-state index contributed by atoms with van der Waals surface area (Å²) in [6.45, 7) is 2.01. The lowest BCUT2D eigenvalue weighted by atomic mass is 9.78. The molecule has 1 aromatic heterocycles. The van der Waals surface area contributed by atoms with Gasteiger partial charge in [-0.3, -0.25) is 9.69 Å². The van der Waals surface area contributed by atoms with Gasteiger partial charge in [0.05, 0.1) is 12.8 Å². The second-order valence-electron chi connectivity index (χ2n) is 11.0. The number of anilines is 1. The monoisotopic (exact) mass is 534 g/mol. The van der Waals surface area contributed by atoms with Crippen LogP contribution >= 0.6 is 0 Å². The van der Waals surface area contributed by atoms with Crippen LogP contribution in [0.2, 0.25) is 0 Å². The number of piperidine rings is 1. The summed E-state index contributed by atoms with van der Waals surface area (Å²) in [5.41, 5.74) is 3.97. The summed E-state index contributed by atoms with van der Waals surface area (Å²) in [5, 5.41) is 4.31. The van der Waals surface area contributed by atoms with Crippen molar-refractivity contribution in [3.05, 3.63) is 108 Å². The SMILES string of the molecule is COc1cccc(N(C(=O)c2ccc(-n3cccn3)cc2)C2CCN(C3CCCCC3c3ccccc3)CC2)c1. The van der Waals surface area contributed by atoms with E-state index >= 15 is 0 Å². The molecule has 40 heavy (non-hydrogen) atoms. The van der Waals surface area contributed by atoms with E-state index in [-0.39, 0.29) is 11.9 Å². The summed E-state index contributed by atoms with van der Waals surface area (Å²) >= 11 is 0. The van der Waals surface area contributed by atoms with Gasteiger partial charge in [-0.2, -0.15) is 5.10 Å². The molecule has 2 unspecified atom stereocenters. The molecule has 6 nitrogen and oxygen atoms in total. The zero-order valence-corrected chi connectivity index (χ0v) is 23.2. The predicted octanol–water partition coefficient (Wildman–Crippen LogP) is 6.72. The summed E-state index contributed by atoms with van der Waals surface area (Å²) in [6, 6.07) is 29.3. The van der Waals surface area contributed by atoms with Crippen molar-refractivity contribution in [3.8, 4) is 11.4 Å². The lowest BCUT2D eigenvalue weighted by Crippen LogP contribution is -2.51. The molecule has 1 saturated heterocycles. The molecule has 206 valence electrons. The van der Waals surface area contributed by atoms with E-state index in [0.29, 0.717) is 17.5 Å². The average Bonchev–Trinajstić information content (AvgIpc) is 3.58. The Labute approximate surface area is 237 Å². The molecule has 1 saturated carbocycles. The zero-order chi connectivity index (χ0) is 27.3. The zero-order valence-electron chi connectivity index (χ0n) is 23.2. The van der Waals surface area contributed by atoms with Gasteiger partial charge in [0.1, 0.15) is 5.75 Å². The first-order chi connectivity index (χ1) is 19.7. The molecule has 6 rings (SSSR count). The minimum absolute atomic E-state index is 0.0264. The molecule has 1 aliphatic carbocycles. The number of amides is 1. The van der Waals surface area contributed by atoms with Crippen molar-refractivity contribution in [2.45, 2.75) is 56.5 Å². The maximum Gasteiger partial charge on any atom is 0.258 e. The predicted molar refractivity (Wildman–Crippen MR) is 159 cm³/mol. The number of carbonyl (C=O) groups excluding carboxylic acids is 1. The van der Waals surface area contributed by atoms with Gasteiger partial charge in [0.2, 0.25) is 0 Å². The van der Waals surface area contributed by atoms with E-state index in [4.69, 9.17) is 4.74 Å². The molecule has 0 bridgehead atoms. The second kappa shape index (κ2) is 12.1. The highest BCUT2D eigenvalue weighted by Crippen LogP contribution is 2.38. The molecule has 0 spiro atoms. The molecule has 2 fully saturated rings. The van der Waals surface area contributed by atoms with Gasteiger partial charge < -0.3 is 9.64 Å². The lowest BCUT2D eigenvalue weighted by Gasteiger charge is -2.45. The number of aromatic nitrogens is 2. The molecular formula is C34H38N4O2. The van der Waals surface area contributed by atoms with Crippen LogP contribution in [0.3, 0.4) is 0 Å². The minimum Gasteiger partial charge on any atom is -0.497 e. The third kappa shape index (κ3) is 5.54. The smallest absolute Gasteiger partial charge is 0.258 e. The second-order valence-corrected chi connectivity index (χ2v) is 11.0. The van der Waals surface area contributed by atoms with Crippen LogP contribution in [0.1, 0.15) is 60.4 Å². The Morgan fingerprint density at radius 1 is 0.875 bits per heavy atom. The van der Waals surface area contributed by atoms with Gasteiger partial charge in [0.25, 0.3) is 5.91 Å². The van der Waals surface area contributed by atoms with Crippen molar-refractivity contribution < 1.29 is 9.53 Å². The number of hydrogen-bond donors (Lipinski definition) is 0. The number of rotatable bonds is 7. The third-order valence-electron chi connectivity index (χ3n) is 8.72. The molecule has 2 atom stereocenters. The van der Waals surface area contributed by atoms with E-state index in [1.807, 2.05) is 65.7 Å². The Morgan fingerprint density at radius 3 is 2.38 bits per heavy atom. The van der Waals surface area contributed by atoms with Gasteiger partial charge in [-0.15, -0.1) is 0 Å². The first kappa shape index (κ1) is 26.3. The Bertz CT molecular complexity index is 1380. The fourth-order valence-electron chi connectivity index (χ4n) is 6.68. The standard InChI is InChI=1S/C34H38N4O2/c1-40-31-12-7-11-30(25-31)38(34(39)27-15-17-28(18-16-27)37-22-8-21-35-37)29-19-23-36(24-20-29)33-14-6-5-13-32(33)26-9-3-2-4-10-26/h2-4,7-12,15-18,21-22,25,29,32-33H,5-6,13-14,19-20,23-24H2,1H3. The van der Waals surface area contributed by atoms with Crippen molar-refractivity contribution in [1.29, 1.82) is 0 Å². The normalized spacial score (nSPS) is 20.2. The topological polar surface area (TPSA) is 50.6 Å². The van der Waals surface area contributed by atoms with Crippen molar-refractivity contribution in [3.63, 3.8) is 0 Å². The van der Waals surface area contributed by atoms with Crippen molar-refractivity contribution in [1.82, 2.24) is 14.7 Å². The van der Waals surface area contributed by atoms with Crippen molar-refractivity contribution in [2.75, 3.05) is 25.1 Å². The summed E-state index contributed by atoms with van der Waals surface area (Å²) in [4.78, 5) is 18.8. The number of ether oxygens (including phenoxy) is 1. The number of likely N-dealkylation sites (tertiary alicyclic amines) is 1. The molecule has 1 amide bonds. The van der Waals surface area contributed by atoms with Crippen molar-refractivity contribution >= 4 is 11.6 Å². The molecule has 4 aromatic rings. The molecule has 0 N–H and O–H groups in total. The molecule has 2 aliphatic rings. The first-order valence-corrected chi connectivity index (χ1v) is 14.6. The van der Waals surface area contributed by atoms with E-state index < -0.39 is 0 Å². The van der Waals surface area contributed by atoms with Gasteiger partial charge in [-0.05, 0) is 79.6 Å². The van der Waals surface area contributed by atoms with Gasteiger partial charge in [0.15, 0.2) is 0 Å². The van der Waals surface area contributed by atoms with Crippen LogP contribution in [0.25, 0.3) is 5.69 Å². The fourth-order valence-corrected chi connectivity index (χ4v) is 6.68. The van der Waals surface area contributed by atoms with Gasteiger partial charge in [0, 0.05) is 54.9 Å². The highest BCUT2D eigenvalue weighted by Gasteiger charge is 2.36. The summed E-state index contributed by atoms with van der Waals surface area (Å²) < 4.78 is 7.33. The molecule has 3 aromatic carbocycles. The number of hydrogen-bond acceptors (Lipinski definition) is 4. The highest BCUT2D eigenvalue weighted by atomic mass is 16.5. The van der Waals surface area contributed by atoms with E-state index in [9.17, 15) is 4.79 Å². The van der Waals surface area contributed by atoms with Crippen LogP contribution in [0, 0.1) is 0 Å². The molecular weight excluding hydrogens is 496 g/mol. The third-order valence-corrected chi connectivity index (χ3v) is 8.72. The Balaban J connectivity index is 1.22. The highest BCUT2D eigenvalue weighted by molar-refractivity contribution is 6.06. The summed E-state index contributed by atoms with van der Waals surface area (Å²) in [7, 11) is 1.67. The summed E-state index contributed by atoms with van der Waals surface area (Å²) in [5.74, 6) is 1.38. The molecule has 0 radical (unpaired) electrons. The number of methoxy groups -OCH3 is 1. The van der Waals surface area contributed by atoms with Crippen LogP contribution in [-0.4, -0.2) is 52.9 Å². The number of carbonyl (C=O) groups is 1. The van der Waals surface area contributed by atoms with E-state index in [1.165, 1.54) is 31.2 Å². The van der Waals surface area contributed by atoms with E-state index in [1.54, 1.807) is 18.0 Å². The summed E-state index contributed by atoms with van der Waals surface area (Å²) in [6.07, 6.45) is 10.7. The number of nitrogens with zero attached hydrogens (tertiary/aromatic N) is 4. The average molecular weight is 535 g/mol. The Hall–Kier alpha value is -3.90. The molecule has 2 heterocycles. The Morgan fingerprint density at radius 2 is 1.65 bits per heavy atom. The quantitative estimate of drug-likeness (QED) is 0.264. The van der Waals surface area contributed by atoms with E-state index in [2.05, 4.69) is 40.3 Å². The van der Waals surface area contributed by atoms with Gasteiger partial charge >= 0.3 is 0 Å². The van der Waals surface area contributed by atoms with Gasteiger partial charge in [-0.1, -0.05) is 49.2 Å². The van der Waals surface area contributed by atoms with Crippen LogP contribution in [0.5, 0.6) is 5.75 Å². The largest absolute Gasteiger partial charge is 0.497 e. The maximum absolute atomic E-state index is 14.1. The number of benzene rings is 3. The van der Waals surface area contributed by atoms with Crippen LogP contribution < -0.4 is 9.64 Å². The van der Waals surface area contributed by atoms with Crippen LogP contribution in [0.4, 0.5) is 5.69 Å². The van der Waals surface area contributed by atoms with Crippen LogP contribution in [-0.2, 0) is 0 Å². The fraction of sp³-hybridized carbons (Fsp3) is 0.353. The molecule has 6 heteroatoms. The van der Waals surface area contributed by atoms with Crippen LogP contribution in [0.15, 0.2) is 97.3 Å². The minimum atomic E-state index is 0.0264. The first-order valence-electron chi connectivity index (χ1n) is 14.6. The lowest BCUT2D eigenvalue weighted by molar-refractivity contribution is 0.0895. The van der Waals surface area contributed by atoms with Gasteiger partial charge in [-0.25, -0.2) is 4.68 Å². The Kier molecular flexibility index (Phi) is 7.96.